The molecule has 6 rings (SSSR count). The zero-order valence-corrected chi connectivity index (χ0v) is 23.5. The number of nitrogens with zero attached hydrogens (tertiary/aromatic N) is 5. The van der Waals surface area contributed by atoms with Gasteiger partial charge in [0.1, 0.15) is 30.0 Å². The molecule has 2 aromatic carbocycles. The molecule has 2 aromatic heterocycles. The number of anilines is 1. The van der Waals surface area contributed by atoms with Gasteiger partial charge in [-0.2, -0.15) is 23.5 Å². The molecular formula is C33H30F3N5O2. The number of halogens is 3. The van der Waals surface area contributed by atoms with Crippen LogP contribution in [-0.2, 0) is 11.2 Å². The lowest BCUT2D eigenvalue weighted by Gasteiger charge is -2.34. The Morgan fingerprint density at radius 1 is 1.02 bits per heavy atom. The van der Waals surface area contributed by atoms with E-state index in [1.807, 2.05) is 73.7 Å². The number of nitriles is 1. The first-order valence-electron chi connectivity index (χ1n) is 14.3. The van der Waals surface area contributed by atoms with E-state index in [2.05, 4.69) is 16.0 Å². The first kappa shape index (κ1) is 28.6. The third-order valence-electron chi connectivity index (χ3n) is 8.63. The van der Waals surface area contributed by atoms with Crippen LogP contribution in [0, 0.1) is 18.3 Å². The van der Waals surface area contributed by atoms with Crippen molar-refractivity contribution in [3.63, 3.8) is 0 Å². The molecule has 10 heteroatoms. The number of carbonyl (C=O) groups excluding carboxylic acids is 1. The average molecular weight is 586 g/mol. The predicted octanol–water partition coefficient (Wildman–Crippen LogP) is 5.61. The van der Waals surface area contributed by atoms with E-state index in [0.29, 0.717) is 43.0 Å². The standard InChI is InChI=1S/C33H30F3N5O2/c1-20-16-27(38-19-24(20)18-37)40-14-12-21(13-15-40)30-28-25(17-26(42)32(43)29(28)33(34,35)36)41(39-30)31(22-8-4-2-5-9-22)23-10-6-3-7-11-23/h2-11,16,19,21,29,31-32,43H,12-15,17H2,1H3/t29-,32+/m1/s1. The van der Waals surface area contributed by atoms with Crippen LogP contribution in [0.4, 0.5) is 19.0 Å². The largest absolute Gasteiger partial charge is 0.398 e. The van der Waals surface area contributed by atoms with E-state index in [-0.39, 0.29) is 23.6 Å². The summed E-state index contributed by atoms with van der Waals surface area (Å²) < 4.78 is 45.5. The van der Waals surface area contributed by atoms with Gasteiger partial charge in [0, 0.05) is 30.8 Å². The van der Waals surface area contributed by atoms with Crippen LogP contribution >= 0.6 is 0 Å². The van der Waals surface area contributed by atoms with E-state index in [9.17, 15) is 28.3 Å². The first-order valence-corrected chi connectivity index (χ1v) is 14.3. The summed E-state index contributed by atoms with van der Waals surface area (Å²) in [5.74, 6) is -2.81. The van der Waals surface area contributed by atoms with E-state index in [1.54, 1.807) is 4.68 Å². The van der Waals surface area contributed by atoms with E-state index in [4.69, 9.17) is 5.10 Å². The normalized spacial score (nSPS) is 19.4. The molecular weight excluding hydrogens is 555 g/mol. The van der Waals surface area contributed by atoms with E-state index in [1.165, 1.54) is 6.20 Å². The quantitative estimate of drug-likeness (QED) is 0.327. The molecule has 1 fully saturated rings. The number of benzene rings is 2. The molecule has 0 bridgehead atoms. The number of pyridine rings is 1. The topological polar surface area (TPSA) is 95.0 Å². The maximum Gasteiger partial charge on any atom is 0.398 e. The lowest BCUT2D eigenvalue weighted by Crippen LogP contribution is -2.43. The zero-order chi connectivity index (χ0) is 30.3. The summed E-state index contributed by atoms with van der Waals surface area (Å²) in [6.45, 7) is 2.91. The van der Waals surface area contributed by atoms with Crippen LogP contribution < -0.4 is 4.90 Å². The summed E-state index contributed by atoms with van der Waals surface area (Å²) in [4.78, 5) is 19.4. The van der Waals surface area contributed by atoms with Crippen LogP contribution in [-0.4, -0.2) is 51.0 Å². The molecule has 7 nitrogen and oxygen atoms in total. The Morgan fingerprint density at radius 2 is 1.63 bits per heavy atom. The summed E-state index contributed by atoms with van der Waals surface area (Å²) in [6, 6.07) is 22.2. The van der Waals surface area contributed by atoms with Gasteiger partial charge in [-0.3, -0.25) is 9.48 Å². The second-order valence-electron chi connectivity index (χ2n) is 11.3. The Balaban J connectivity index is 1.45. The number of ketones is 1. The van der Waals surface area contributed by atoms with Crippen LogP contribution in [0.1, 0.15) is 69.9 Å². The molecule has 1 aliphatic heterocycles. The summed E-state index contributed by atoms with van der Waals surface area (Å²) in [6.07, 6.45) is -4.79. The summed E-state index contributed by atoms with van der Waals surface area (Å²) in [5.41, 5.74) is 3.38. The van der Waals surface area contributed by atoms with Gasteiger partial charge in [-0.1, -0.05) is 60.7 Å². The van der Waals surface area contributed by atoms with Gasteiger partial charge in [0.15, 0.2) is 5.78 Å². The van der Waals surface area contributed by atoms with Gasteiger partial charge in [-0.05, 0) is 42.5 Å². The molecule has 4 aromatic rings. The highest BCUT2D eigenvalue weighted by molar-refractivity contribution is 5.88. The Bertz CT molecular complexity index is 1630. The predicted molar refractivity (Wildman–Crippen MR) is 154 cm³/mol. The zero-order valence-electron chi connectivity index (χ0n) is 23.5. The number of aromatic nitrogens is 3. The second kappa shape index (κ2) is 11.3. The molecule has 0 amide bonds. The van der Waals surface area contributed by atoms with Crippen LogP contribution in [0.5, 0.6) is 0 Å². The molecule has 0 saturated carbocycles. The number of fused-ring (bicyclic) bond motifs is 1. The van der Waals surface area contributed by atoms with E-state index < -0.39 is 30.0 Å². The van der Waals surface area contributed by atoms with Gasteiger partial charge in [0.25, 0.3) is 0 Å². The number of alkyl halides is 3. The fourth-order valence-electron chi connectivity index (χ4n) is 6.45. The molecule has 43 heavy (non-hydrogen) atoms. The van der Waals surface area contributed by atoms with Crippen molar-refractivity contribution in [2.75, 3.05) is 18.0 Å². The fraction of sp³-hybridized carbons (Fsp3) is 0.333. The molecule has 0 radical (unpaired) electrons. The molecule has 3 heterocycles. The Kier molecular flexibility index (Phi) is 7.52. The van der Waals surface area contributed by atoms with Crippen LogP contribution in [0.2, 0.25) is 0 Å². The Morgan fingerprint density at radius 3 is 2.16 bits per heavy atom. The summed E-state index contributed by atoms with van der Waals surface area (Å²) >= 11 is 0. The number of rotatable bonds is 5. The molecule has 0 spiro atoms. The van der Waals surface area contributed by atoms with E-state index in [0.717, 1.165) is 16.7 Å². The number of carbonyl (C=O) groups is 1. The number of aryl methyl sites for hydroxylation is 1. The van der Waals surface area contributed by atoms with Crippen molar-refractivity contribution in [1.29, 1.82) is 5.26 Å². The number of hydrogen-bond donors (Lipinski definition) is 1. The van der Waals surface area contributed by atoms with Crippen molar-refractivity contribution in [2.24, 2.45) is 0 Å². The van der Waals surface area contributed by atoms with Gasteiger partial charge in [-0.15, -0.1) is 0 Å². The minimum atomic E-state index is -4.84. The maximum absolute atomic E-state index is 14.6. The molecule has 220 valence electrons. The molecule has 2 atom stereocenters. The average Bonchev–Trinajstić information content (AvgIpc) is 3.36. The highest BCUT2D eigenvalue weighted by Crippen LogP contribution is 2.48. The third kappa shape index (κ3) is 5.30. The number of piperidine rings is 1. The van der Waals surface area contributed by atoms with Crippen LogP contribution in [0.15, 0.2) is 72.9 Å². The minimum absolute atomic E-state index is 0.0674. The molecule has 1 N–H and O–H groups in total. The van der Waals surface area contributed by atoms with Gasteiger partial charge in [0.05, 0.1) is 23.4 Å². The molecule has 1 aliphatic carbocycles. The highest BCUT2D eigenvalue weighted by Gasteiger charge is 2.54. The smallest absolute Gasteiger partial charge is 0.384 e. The fourth-order valence-corrected chi connectivity index (χ4v) is 6.45. The first-order chi connectivity index (χ1) is 20.7. The Hall–Kier alpha value is -4.49. The van der Waals surface area contributed by atoms with Gasteiger partial charge < -0.3 is 10.0 Å². The van der Waals surface area contributed by atoms with Gasteiger partial charge >= 0.3 is 6.18 Å². The lowest BCUT2D eigenvalue weighted by molar-refractivity contribution is -0.179. The minimum Gasteiger partial charge on any atom is -0.384 e. The molecule has 2 aliphatic rings. The SMILES string of the molecule is Cc1cc(N2CCC(c3nn(C(c4ccccc4)c4ccccc4)c4c3[C@@H](C(F)(F)F)[C@@H](O)C(=O)C4)CC2)ncc1C#N. The monoisotopic (exact) mass is 585 g/mol. The lowest BCUT2D eigenvalue weighted by atomic mass is 9.78. The molecule has 1 saturated heterocycles. The van der Waals surface area contributed by atoms with Crippen molar-refractivity contribution in [1.82, 2.24) is 14.8 Å². The van der Waals surface area contributed by atoms with E-state index >= 15 is 0 Å². The second-order valence-corrected chi connectivity index (χ2v) is 11.3. The molecule has 0 unspecified atom stereocenters. The van der Waals surface area contributed by atoms with Crippen molar-refractivity contribution < 1.29 is 23.1 Å². The van der Waals surface area contributed by atoms with Crippen molar-refractivity contribution in [3.8, 4) is 6.07 Å². The summed E-state index contributed by atoms with van der Waals surface area (Å²) in [7, 11) is 0. The van der Waals surface area contributed by atoms with Crippen LogP contribution in [0.25, 0.3) is 0 Å². The van der Waals surface area contributed by atoms with Crippen LogP contribution in [0.3, 0.4) is 0 Å². The van der Waals surface area contributed by atoms with Gasteiger partial charge in [0.2, 0.25) is 0 Å². The summed E-state index contributed by atoms with van der Waals surface area (Å²) in [5, 5.41) is 24.8. The Labute approximate surface area is 247 Å². The number of aliphatic hydroxyl groups excluding tert-OH is 1. The number of Topliss-reactive ketones (excluding diaryl/α,β-unsaturated/α-hetero) is 1. The number of hydrogen-bond acceptors (Lipinski definition) is 6. The maximum atomic E-state index is 14.6. The van der Waals surface area contributed by atoms with Crippen molar-refractivity contribution in [2.45, 2.75) is 56.3 Å². The number of aliphatic hydroxyl groups is 1. The highest BCUT2D eigenvalue weighted by atomic mass is 19.4. The third-order valence-corrected chi connectivity index (χ3v) is 8.63. The van der Waals surface area contributed by atoms with Crippen molar-refractivity contribution >= 4 is 11.6 Å². The van der Waals surface area contributed by atoms with Gasteiger partial charge in [-0.25, -0.2) is 4.98 Å². The van der Waals surface area contributed by atoms with Crippen molar-refractivity contribution in [3.05, 3.63) is 112 Å².